The molecule has 0 saturated heterocycles. The molecule has 3 aromatic rings. The molecular formula is C20H16F3N4O2. The SMILES string of the molecule is NC(=O)c1n[nH]c2ccc3c(c12)CN(Cc1ccc(C(F)(F)F)cc1)C(=O)[CH]C3. The van der Waals surface area contributed by atoms with Crippen LogP contribution < -0.4 is 5.73 Å². The van der Waals surface area contributed by atoms with Crippen molar-refractivity contribution in [2.24, 2.45) is 5.73 Å². The second kappa shape index (κ2) is 6.91. The minimum Gasteiger partial charge on any atom is -0.364 e. The number of aromatic amines is 1. The van der Waals surface area contributed by atoms with Crippen molar-refractivity contribution in [3.8, 4) is 0 Å². The standard InChI is InChI=1S/C20H16F3N4O2/c21-20(22,23)13-5-1-11(2-6-13)9-27-10-14-12(4-8-16(27)28)3-7-15-17(14)18(19(24)29)26-25-15/h1-3,5-8H,4,9-10H2,(H2,24,29)(H,25,26). The Bertz CT molecular complexity index is 1100. The highest BCUT2D eigenvalue weighted by Crippen LogP contribution is 2.31. The first-order chi connectivity index (χ1) is 13.7. The van der Waals surface area contributed by atoms with Gasteiger partial charge in [0.15, 0.2) is 5.69 Å². The van der Waals surface area contributed by atoms with Crippen LogP contribution >= 0.6 is 0 Å². The molecule has 0 bridgehead atoms. The van der Waals surface area contributed by atoms with Crippen LogP contribution in [0.15, 0.2) is 36.4 Å². The van der Waals surface area contributed by atoms with Gasteiger partial charge in [-0.1, -0.05) is 18.2 Å². The van der Waals surface area contributed by atoms with Crippen LogP contribution in [0.5, 0.6) is 0 Å². The van der Waals surface area contributed by atoms with Crippen molar-refractivity contribution < 1.29 is 22.8 Å². The van der Waals surface area contributed by atoms with Gasteiger partial charge in [-0.3, -0.25) is 14.7 Å². The Balaban J connectivity index is 1.68. The van der Waals surface area contributed by atoms with Gasteiger partial charge in [0.05, 0.1) is 17.5 Å². The second-order valence-corrected chi connectivity index (χ2v) is 6.86. The summed E-state index contributed by atoms with van der Waals surface area (Å²) in [6.07, 6.45) is -2.52. The van der Waals surface area contributed by atoms with Gasteiger partial charge in [0.25, 0.3) is 5.91 Å². The molecule has 4 rings (SSSR count). The summed E-state index contributed by atoms with van der Waals surface area (Å²) in [7, 11) is 0. The predicted octanol–water partition coefficient (Wildman–Crippen LogP) is 2.97. The summed E-state index contributed by atoms with van der Waals surface area (Å²) < 4.78 is 38.3. The maximum atomic E-state index is 12.8. The van der Waals surface area contributed by atoms with Gasteiger partial charge in [0.1, 0.15) is 0 Å². The van der Waals surface area contributed by atoms with E-state index in [1.807, 2.05) is 6.07 Å². The number of nitrogens with zero attached hydrogens (tertiary/aromatic N) is 2. The number of rotatable bonds is 3. The number of alkyl halides is 3. The van der Waals surface area contributed by atoms with Crippen LogP contribution in [0, 0.1) is 6.42 Å². The third-order valence-corrected chi connectivity index (χ3v) is 4.98. The molecule has 1 radical (unpaired) electrons. The van der Waals surface area contributed by atoms with E-state index in [0.717, 1.165) is 23.3 Å². The second-order valence-electron chi connectivity index (χ2n) is 6.86. The first-order valence-electron chi connectivity index (χ1n) is 8.81. The van der Waals surface area contributed by atoms with E-state index in [2.05, 4.69) is 10.2 Å². The van der Waals surface area contributed by atoms with Crippen molar-refractivity contribution in [2.45, 2.75) is 25.7 Å². The molecule has 2 aromatic carbocycles. The van der Waals surface area contributed by atoms with Gasteiger partial charge in [0.2, 0.25) is 5.91 Å². The van der Waals surface area contributed by atoms with E-state index in [1.54, 1.807) is 6.07 Å². The number of nitrogens with one attached hydrogen (secondary N) is 1. The number of halogens is 3. The van der Waals surface area contributed by atoms with Gasteiger partial charge in [-0.2, -0.15) is 18.3 Å². The van der Waals surface area contributed by atoms with Crippen molar-refractivity contribution in [3.63, 3.8) is 0 Å². The molecule has 0 aliphatic carbocycles. The van der Waals surface area contributed by atoms with E-state index in [1.165, 1.54) is 23.5 Å². The molecule has 1 aromatic heterocycles. The van der Waals surface area contributed by atoms with Crippen molar-refractivity contribution >= 4 is 22.7 Å². The fourth-order valence-corrected chi connectivity index (χ4v) is 3.53. The number of carbonyl (C=O) groups excluding carboxylic acids is 2. The zero-order valence-electron chi connectivity index (χ0n) is 15.1. The lowest BCUT2D eigenvalue weighted by molar-refractivity contribution is -0.137. The predicted molar refractivity (Wildman–Crippen MR) is 98.3 cm³/mol. The quantitative estimate of drug-likeness (QED) is 0.707. The minimum absolute atomic E-state index is 0.0979. The number of hydrogen-bond donors (Lipinski definition) is 2. The van der Waals surface area contributed by atoms with Crippen molar-refractivity contribution in [1.82, 2.24) is 15.1 Å². The van der Waals surface area contributed by atoms with Gasteiger partial charge < -0.3 is 10.6 Å². The lowest BCUT2D eigenvalue weighted by Gasteiger charge is -2.22. The fraction of sp³-hybridized carbons (Fsp3) is 0.200. The molecule has 0 unspecified atom stereocenters. The highest BCUT2D eigenvalue weighted by Gasteiger charge is 2.30. The largest absolute Gasteiger partial charge is 0.416 e. The summed E-state index contributed by atoms with van der Waals surface area (Å²) in [6.45, 7) is 0.315. The van der Waals surface area contributed by atoms with Crippen LogP contribution in [-0.2, 0) is 30.5 Å². The van der Waals surface area contributed by atoms with Crippen molar-refractivity contribution in [3.05, 3.63) is 70.8 Å². The van der Waals surface area contributed by atoms with E-state index in [4.69, 9.17) is 5.73 Å². The third kappa shape index (κ3) is 3.55. The maximum Gasteiger partial charge on any atom is 0.416 e. The molecule has 2 heterocycles. The maximum absolute atomic E-state index is 12.8. The number of primary amides is 1. The Kier molecular flexibility index (Phi) is 4.52. The average Bonchev–Trinajstić information content (AvgIpc) is 3.04. The highest BCUT2D eigenvalue weighted by atomic mass is 19.4. The zero-order chi connectivity index (χ0) is 20.8. The van der Waals surface area contributed by atoms with E-state index in [-0.39, 0.29) is 24.7 Å². The van der Waals surface area contributed by atoms with Gasteiger partial charge in [-0.15, -0.1) is 0 Å². The van der Waals surface area contributed by atoms with Gasteiger partial charge >= 0.3 is 6.18 Å². The van der Waals surface area contributed by atoms with E-state index in [0.29, 0.717) is 22.9 Å². The Morgan fingerprint density at radius 1 is 1.17 bits per heavy atom. The number of benzene rings is 2. The van der Waals surface area contributed by atoms with E-state index >= 15 is 0 Å². The fourth-order valence-electron chi connectivity index (χ4n) is 3.53. The van der Waals surface area contributed by atoms with Crippen LogP contribution in [0.1, 0.15) is 32.7 Å². The molecule has 3 N–H and O–H groups in total. The van der Waals surface area contributed by atoms with Crippen LogP contribution in [0.3, 0.4) is 0 Å². The minimum atomic E-state index is -4.41. The summed E-state index contributed by atoms with van der Waals surface area (Å²) >= 11 is 0. The van der Waals surface area contributed by atoms with Crippen LogP contribution in [-0.4, -0.2) is 26.9 Å². The third-order valence-electron chi connectivity index (χ3n) is 4.98. The topological polar surface area (TPSA) is 92.1 Å². The van der Waals surface area contributed by atoms with Crippen LogP contribution in [0.2, 0.25) is 0 Å². The van der Waals surface area contributed by atoms with Gasteiger partial charge in [-0.05, 0) is 41.3 Å². The number of hydrogen-bond acceptors (Lipinski definition) is 3. The molecule has 9 heteroatoms. The summed E-state index contributed by atoms with van der Waals surface area (Å²) in [6, 6.07) is 8.33. The van der Waals surface area contributed by atoms with E-state index < -0.39 is 17.6 Å². The number of fused-ring (bicyclic) bond motifs is 3. The molecule has 0 saturated carbocycles. The molecule has 0 fully saturated rings. The normalized spacial score (nSPS) is 14.7. The first kappa shape index (κ1) is 19.0. The average molecular weight is 401 g/mol. The molecule has 0 spiro atoms. The molecule has 1 aliphatic rings. The van der Waals surface area contributed by atoms with Crippen molar-refractivity contribution in [2.75, 3.05) is 0 Å². The summed E-state index contributed by atoms with van der Waals surface area (Å²) in [5.74, 6) is -0.920. The number of carbonyl (C=O) groups is 2. The zero-order valence-corrected chi connectivity index (χ0v) is 15.1. The van der Waals surface area contributed by atoms with Crippen LogP contribution in [0.25, 0.3) is 10.9 Å². The molecule has 1 aliphatic heterocycles. The smallest absolute Gasteiger partial charge is 0.364 e. The molecule has 149 valence electrons. The summed E-state index contributed by atoms with van der Waals surface area (Å²) in [4.78, 5) is 25.9. The molecule has 0 atom stereocenters. The van der Waals surface area contributed by atoms with Crippen LogP contribution in [0.4, 0.5) is 13.2 Å². The van der Waals surface area contributed by atoms with Gasteiger partial charge in [-0.25, -0.2) is 0 Å². The molecule has 29 heavy (non-hydrogen) atoms. The number of aromatic nitrogens is 2. The molecule has 2 amide bonds. The monoisotopic (exact) mass is 401 g/mol. The Morgan fingerprint density at radius 2 is 1.90 bits per heavy atom. The molecular weight excluding hydrogens is 385 g/mol. The number of amides is 2. The number of H-pyrrole nitrogens is 1. The lowest BCUT2D eigenvalue weighted by atomic mass is 9.98. The Hall–Kier alpha value is -3.36. The van der Waals surface area contributed by atoms with Gasteiger partial charge in [0, 0.05) is 18.5 Å². The van der Waals surface area contributed by atoms with E-state index in [9.17, 15) is 22.8 Å². The summed E-state index contributed by atoms with van der Waals surface area (Å²) in [5, 5.41) is 7.30. The Morgan fingerprint density at radius 3 is 2.55 bits per heavy atom. The molecule has 6 nitrogen and oxygen atoms in total. The lowest BCUT2D eigenvalue weighted by Crippen LogP contribution is -2.29. The highest BCUT2D eigenvalue weighted by molar-refractivity contribution is 6.05. The Labute approximate surface area is 163 Å². The first-order valence-corrected chi connectivity index (χ1v) is 8.81. The number of nitrogens with two attached hydrogens (primary N) is 1. The van der Waals surface area contributed by atoms with Crippen molar-refractivity contribution in [1.29, 1.82) is 0 Å². The summed E-state index contributed by atoms with van der Waals surface area (Å²) in [5.41, 5.74) is 7.59.